The van der Waals surface area contributed by atoms with E-state index in [0.29, 0.717) is 17.8 Å². The van der Waals surface area contributed by atoms with Crippen molar-refractivity contribution in [3.63, 3.8) is 0 Å². The molecule has 2 aromatic rings. The van der Waals surface area contributed by atoms with Crippen LogP contribution in [-0.2, 0) is 15.7 Å². The largest absolute Gasteiger partial charge is 0.477 e. The Morgan fingerprint density at radius 3 is 2.84 bits per heavy atom. The van der Waals surface area contributed by atoms with Gasteiger partial charge in [-0.2, -0.15) is 0 Å². The number of para-hydroxylation sites is 1. The van der Waals surface area contributed by atoms with Crippen LogP contribution in [0.4, 0.5) is 0 Å². The van der Waals surface area contributed by atoms with Gasteiger partial charge in [-0.15, -0.1) is 11.6 Å². The van der Waals surface area contributed by atoms with Crippen LogP contribution in [0.3, 0.4) is 0 Å². The van der Waals surface area contributed by atoms with Gasteiger partial charge in [0.1, 0.15) is 5.58 Å². The summed E-state index contributed by atoms with van der Waals surface area (Å²) >= 11 is 6.75. The highest BCUT2D eigenvalue weighted by molar-refractivity contribution is 6.60. The van der Waals surface area contributed by atoms with Crippen molar-refractivity contribution in [3.05, 3.63) is 36.1 Å². The van der Waals surface area contributed by atoms with Gasteiger partial charge < -0.3 is 13.7 Å². The van der Waals surface area contributed by atoms with Crippen molar-refractivity contribution in [2.24, 2.45) is 17.3 Å². The quantitative estimate of drug-likeness (QED) is 0.580. The Labute approximate surface area is 154 Å². The van der Waals surface area contributed by atoms with Crippen molar-refractivity contribution in [1.29, 1.82) is 0 Å². The summed E-state index contributed by atoms with van der Waals surface area (Å²) < 4.78 is 18.4. The fourth-order valence-electron chi connectivity index (χ4n) is 5.55. The molecule has 0 amide bonds. The average molecular weight is 359 g/mol. The summed E-state index contributed by atoms with van der Waals surface area (Å²) in [5, 5.41) is 0.905. The molecule has 4 fully saturated rings. The molecule has 1 saturated heterocycles. The van der Waals surface area contributed by atoms with E-state index in [4.69, 9.17) is 25.3 Å². The minimum atomic E-state index is -0.347. The normalized spacial score (nSPS) is 37.0. The molecule has 132 valence electrons. The van der Waals surface area contributed by atoms with Crippen LogP contribution in [0.25, 0.3) is 11.0 Å². The topological polar surface area (TPSA) is 31.6 Å². The Morgan fingerprint density at radius 2 is 2.04 bits per heavy atom. The van der Waals surface area contributed by atoms with Gasteiger partial charge in [-0.3, -0.25) is 0 Å². The zero-order chi connectivity index (χ0) is 17.4. The van der Waals surface area contributed by atoms with E-state index in [1.807, 2.05) is 24.5 Å². The van der Waals surface area contributed by atoms with Crippen LogP contribution < -0.4 is 0 Å². The smallest absolute Gasteiger partial charge is 0.464 e. The molecule has 5 heteroatoms. The Kier molecular flexibility index (Phi) is 3.43. The molecular formula is C20H24BClO3. The molecule has 6 rings (SSSR count). The summed E-state index contributed by atoms with van der Waals surface area (Å²) in [6.45, 7) is 6.98. The molecule has 3 aliphatic carbocycles. The molecule has 1 aromatic heterocycles. The first-order valence-electron chi connectivity index (χ1n) is 9.32. The number of halogens is 1. The molecule has 0 N–H and O–H groups in total. The Bertz CT molecular complexity index is 818. The number of alkyl halides is 1. The minimum Gasteiger partial charge on any atom is -0.464 e. The standard InChI is InChI=1S/C20H24BClO3/c1-19(2)13-9-16(19)20(3)17(10-13)24-21(25-20)18(22)8-12-11-23-15-7-5-4-6-14(12)15/h4-7,11,13,16-18H,8-10H2,1-3H3/t13-,16?,17+,18+,20-/m0/s1. The Hall–Kier alpha value is -0.965. The van der Waals surface area contributed by atoms with Gasteiger partial charge in [-0.1, -0.05) is 32.0 Å². The molecule has 0 spiro atoms. The maximum Gasteiger partial charge on any atom is 0.477 e. The van der Waals surface area contributed by atoms with E-state index >= 15 is 0 Å². The number of hydrogen-bond acceptors (Lipinski definition) is 3. The van der Waals surface area contributed by atoms with Crippen molar-refractivity contribution in [2.45, 2.75) is 57.0 Å². The lowest BCUT2D eigenvalue weighted by Crippen LogP contribution is -2.65. The second kappa shape index (κ2) is 5.28. The van der Waals surface area contributed by atoms with Gasteiger partial charge in [0, 0.05) is 5.39 Å². The van der Waals surface area contributed by atoms with Crippen LogP contribution in [0.1, 0.15) is 39.2 Å². The van der Waals surface area contributed by atoms with Crippen LogP contribution in [0.5, 0.6) is 0 Å². The van der Waals surface area contributed by atoms with E-state index in [1.165, 1.54) is 6.42 Å². The summed E-state index contributed by atoms with van der Waals surface area (Å²) in [4.78, 5) is 0. The summed E-state index contributed by atoms with van der Waals surface area (Å²) in [5.74, 6) is 1.32. The molecule has 1 aliphatic heterocycles. The van der Waals surface area contributed by atoms with Crippen LogP contribution in [0.2, 0.25) is 0 Å². The average Bonchev–Trinajstić information content (AvgIpc) is 3.15. The lowest BCUT2D eigenvalue weighted by Gasteiger charge is -2.64. The number of rotatable bonds is 3. The summed E-state index contributed by atoms with van der Waals surface area (Å²) in [7, 11) is -0.347. The molecular weight excluding hydrogens is 334 g/mol. The van der Waals surface area contributed by atoms with Gasteiger partial charge in [-0.05, 0) is 55.1 Å². The maximum absolute atomic E-state index is 6.75. The third-order valence-electron chi connectivity index (χ3n) is 7.24. The predicted octanol–water partition coefficient (Wildman–Crippen LogP) is 4.85. The van der Waals surface area contributed by atoms with Crippen molar-refractivity contribution < 1.29 is 13.7 Å². The van der Waals surface area contributed by atoms with Crippen molar-refractivity contribution in [1.82, 2.24) is 0 Å². The summed E-state index contributed by atoms with van der Waals surface area (Å²) in [5.41, 5.74) is 2.17. The van der Waals surface area contributed by atoms with Crippen LogP contribution in [0, 0.1) is 17.3 Å². The van der Waals surface area contributed by atoms with E-state index in [1.54, 1.807) is 0 Å². The molecule has 3 saturated carbocycles. The van der Waals surface area contributed by atoms with Crippen molar-refractivity contribution in [2.75, 3.05) is 0 Å². The highest BCUT2D eigenvalue weighted by atomic mass is 35.5. The number of furan rings is 1. The van der Waals surface area contributed by atoms with E-state index < -0.39 is 0 Å². The molecule has 1 aromatic carbocycles. The van der Waals surface area contributed by atoms with Gasteiger partial charge in [0.05, 0.1) is 23.2 Å². The van der Waals surface area contributed by atoms with Crippen LogP contribution >= 0.6 is 11.6 Å². The van der Waals surface area contributed by atoms with Crippen LogP contribution in [-0.4, -0.2) is 24.1 Å². The SMILES string of the molecule is CC1(C)C2C[C@H]1C[C@H]1OB([C@H](Cl)Cc3coc4ccccc34)O[C@@]21C. The molecule has 0 radical (unpaired) electrons. The number of benzene rings is 1. The highest BCUT2D eigenvalue weighted by Crippen LogP contribution is 2.65. The fraction of sp³-hybridized carbons (Fsp3) is 0.600. The Balaban J connectivity index is 1.35. The fourth-order valence-corrected chi connectivity index (χ4v) is 5.83. The lowest BCUT2D eigenvalue weighted by atomic mass is 9.43. The maximum atomic E-state index is 6.75. The first-order valence-corrected chi connectivity index (χ1v) is 9.75. The van der Waals surface area contributed by atoms with E-state index in [9.17, 15) is 0 Å². The minimum absolute atomic E-state index is 0.177. The summed E-state index contributed by atoms with van der Waals surface area (Å²) in [6.07, 6.45) is 5.02. The lowest BCUT2D eigenvalue weighted by molar-refractivity contribution is -0.199. The van der Waals surface area contributed by atoms with E-state index in [-0.39, 0.29) is 24.1 Å². The van der Waals surface area contributed by atoms with Gasteiger partial charge in [-0.25, -0.2) is 0 Å². The van der Waals surface area contributed by atoms with Gasteiger partial charge in [0.15, 0.2) is 0 Å². The molecule has 4 aliphatic rings. The van der Waals surface area contributed by atoms with Crippen molar-refractivity contribution >= 4 is 29.7 Å². The third kappa shape index (κ3) is 2.20. The third-order valence-corrected chi connectivity index (χ3v) is 7.60. The van der Waals surface area contributed by atoms with E-state index in [0.717, 1.165) is 28.9 Å². The van der Waals surface area contributed by atoms with Gasteiger partial charge in [0.25, 0.3) is 0 Å². The molecule has 3 nitrogen and oxygen atoms in total. The van der Waals surface area contributed by atoms with Gasteiger partial charge >= 0.3 is 7.12 Å². The number of hydrogen-bond donors (Lipinski definition) is 0. The Morgan fingerprint density at radius 1 is 1.24 bits per heavy atom. The van der Waals surface area contributed by atoms with E-state index in [2.05, 4.69) is 26.8 Å². The zero-order valence-electron chi connectivity index (χ0n) is 15.0. The summed E-state index contributed by atoms with van der Waals surface area (Å²) in [6, 6.07) is 8.07. The zero-order valence-corrected chi connectivity index (χ0v) is 15.8. The monoisotopic (exact) mass is 358 g/mol. The van der Waals surface area contributed by atoms with Gasteiger partial charge in [0.2, 0.25) is 0 Å². The first-order chi connectivity index (χ1) is 11.9. The predicted molar refractivity (Wildman–Crippen MR) is 99.7 cm³/mol. The second-order valence-corrected chi connectivity index (χ2v) is 9.37. The number of fused-ring (bicyclic) bond motifs is 1. The molecule has 5 atom stereocenters. The first kappa shape index (κ1) is 16.2. The molecule has 1 unspecified atom stereocenters. The highest BCUT2D eigenvalue weighted by Gasteiger charge is 2.68. The molecule has 2 heterocycles. The molecule has 2 bridgehead atoms. The van der Waals surface area contributed by atoms with Crippen LogP contribution in [0.15, 0.2) is 34.9 Å². The second-order valence-electron chi connectivity index (χ2n) is 8.81. The van der Waals surface area contributed by atoms with Crippen molar-refractivity contribution in [3.8, 4) is 0 Å². The molecule has 25 heavy (non-hydrogen) atoms.